The molecule has 0 aliphatic carbocycles. The van der Waals surface area contributed by atoms with Crippen molar-refractivity contribution in [1.82, 2.24) is 15.5 Å². The molecule has 1 aromatic rings. The van der Waals surface area contributed by atoms with Crippen LogP contribution in [0.4, 0.5) is 4.79 Å². The third-order valence-electron chi connectivity index (χ3n) is 2.93. The topological polar surface area (TPSA) is 98.7 Å². The molecule has 0 fully saturated rings. The van der Waals surface area contributed by atoms with Gasteiger partial charge in [0.1, 0.15) is 0 Å². The number of amides is 3. The molecule has 7 nitrogen and oxygen atoms in total. The first-order valence-corrected chi connectivity index (χ1v) is 6.52. The van der Waals surface area contributed by atoms with Crippen molar-refractivity contribution in [2.75, 3.05) is 20.1 Å². The van der Waals surface area contributed by atoms with Crippen molar-refractivity contribution in [3.05, 3.63) is 35.4 Å². The van der Waals surface area contributed by atoms with Crippen LogP contribution in [0.3, 0.4) is 0 Å². The van der Waals surface area contributed by atoms with Gasteiger partial charge in [-0.15, -0.1) is 0 Å². The number of likely N-dealkylation sites (N-methyl/N-ethyl adjacent to an activating group) is 1. The zero-order valence-electron chi connectivity index (χ0n) is 12.0. The molecule has 0 spiro atoms. The van der Waals surface area contributed by atoms with E-state index in [0.29, 0.717) is 12.1 Å². The Balaban J connectivity index is 2.41. The molecule has 0 saturated heterocycles. The fourth-order valence-electron chi connectivity index (χ4n) is 1.53. The molecule has 0 aliphatic rings. The van der Waals surface area contributed by atoms with Crippen LogP contribution >= 0.6 is 0 Å². The molecule has 3 N–H and O–H groups in total. The Kier molecular flexibility index (Phi) is 6.19. The van der Waals surface area contributed by atoms with Crippen LogP contribution in [0.2, 0.25) is 0 Å². The summed E-state index contributed by atoms with van der Waals surface area (Å²) >= 11 is 0. The van der Waals surface area contributed by atoms with Gasteiger partial charge in [-0.2, -0.15) is 0 Å². The smallest absolute Gasteiger partial charge is 0.335 e. The summed E-state index contributed by atoms with van der Waals surface area (Å²) in [5, 5.41) is 13.9. The molecule has 1 aromatic carbocycles. The predicted molar refractivity (Wildman–Crippen MR) is 77.0 cm³/mol. The SMILES string of the molecule is CCN(C)C(=O)CNC(=O)NCc1cccc(C(=O)O)c1. The second-order valence-electron chi connectivity index (χ2n) is 4.45. The maximum Gasteiger partial charge on any atom is 0.335 e. The van der Waals surface area contributed by atoms with E-state index in [2.05, 4.69) is 10.6 Å². The van der Waals surface area contributed by atoms with E-state index >= 15 is 0 Å². The number of benzene rings is 1. The summed E-state index contributed by atoms with van der Waals surface area (Å²) in [6.45, 7) is 2.52. The van der Waals surface area contributed by atoms with Crippen LogP contribution in [0.25, 0.3) is 0 Å². The van der Waals surface area contributed by atoms with Crippen LogP contribution in [-0.4, -0.2) is 48.1 Å². The van der Waals surface area contributed by atoms with E-state index in [1.807, 2.05) is 6.92 Å². The van der Waals surface area contributed by atoms with E-state index in [1.165, 1.54) is 17.0 Å². The Morgan fingerprint density at radius 1 is 1.24 bits per heavy atom. The fourth-order valence-corrected chi connectivity index (χ4v) is 1.53. The van der Waals surface area contributed by atoms with Crippen LogP contribution < -0.4 is 10.6 Å². The maximum atomic E-state index is 11.5. The van der Waals surface area contributed by atoms with Gasteiger partial charge in [0.2, 0.25) is 5.91 Å². The summed E-state index contributed by atoms with van der Waals surface area (Å²) in [6, 6.07) is 5.80. The first kappa shape index (κ1) is 16.5. The Bertz CT molecular complexity index is 531. The highest BCUT2D eigenvalue weighted by molar-refractivity contribution is 5.87. The lowest BCUT2D eigenvalue weighted by Crippen LogP contribution is -2.42. The lowest BCUT2D eigenvalue weighted by Gasteiger charge is -2.15. The zero-order chi connectivity index (χ0) is 15.8. The minimum Gasteiger partial charge on any atom is -0.478 e. The molecule has 0 radical (unpaired) electrons. The number of hydrogen-bond donors (Lipinski definition) is 3. The molecule has 0 aliphatic heterocycles. The van der Waals surface area contributed by atoms with Crippen molar-refractivity contribution in [3.8, 4) is 0 Å². The first-order chi connectivity index (χ1) is 9.93. The van der Waals surface area contributed by atoms with Gasteiger partial charge in [-0.1, -0.05) is 12.1 Å². The average Bonchev–Trinajstić information content (AvgIpc) is 2.49. The number of nitrogens with zero attached hydrogens (tertiary/aromatic N) is 1. The number of carboxylic acid groups (broad SMARTS) is 1. The molecule has 1 rings (SSSR count). The van der Waals surface area contributed by atoms with Gasteiger partial charge in [-0.25, -0.2) is 9.59 Å². The quantitative estimate of drug-likeness (QED) is 0.717. The predicted octanol–water partition coefficient (Wildman–Crippen LogP) is 0.662. The van der Waals surface area contributed by atoms with Crippen molar-refractivity contribution in [3.63, 3.8) is 0 Å². The van der Waals surface area contributed by atoms with Gasteiger partial charge in [0, 0.05) is 20.1 Å². The molecule has 0 bridgehead atoms. The molecule has 7 heteroatoms. The van der Waals surface area contributed by atoms with E-state index in [-0.39, 0.29) is 24.6 Å². The molecule has 21 heavy (non-hydrogen) atoms. The Labute approximate surface area is 122 Å². The van der Waals surface area contributed by atoms with Crippen LogP contribution in [0.1, 0.15) is 22.8 Å². The largest absolute Gasteiger partial charge is 0.478 e. The normalized spacial score (nSPS) is 9.81. The molecule has 3 amide bonds. The Morgan fingerprint density at radius 3 is 2.57 bits per heavy atom. The number of aromatic carboxylic acids is 1. The van der Waals surface area contributed by atoms with Gasteiger partial charge in [0.05, 0.1) is 12.1 Å². The number of nitrogens with one attached hydrogen (secondary N) is 2. The third kappa shape index (κ3) is 5.52. The van der Waals surface area contributed by atoms with Crippen LogP contribution in [-0.2, 0) is 11.3 Å². The van der Waals surface area contributed by atoms with Crippen molar-refractivity contribution in [2.45, 2.75) is 13.5 Å². The van der Waals surface area contributed by atoms with Gasteiger partial charge >= 0.3 is 12.0 Å². The molecular weight excluding hydrogens is 274 g/mol. The summed E-state index contributed by atoms with van der Waals surface area (Å²) in [5.41, 5.74) is 0.830. The van der Waals surface area contributed by atoms with Gasteiger partial charge < -0.3 is 20.6 Å². The van der Waals surface area contributed by atoms with Crippen molar-refractivity contribution >= 4 is 17.9 Å². The number of hydrogen-bond acceptors (Lipinski definition) is 3. The van der Waals surface area contributed by atoms with Crippen LogP contribution in [0.5, 0.6) is 0 Å². The third-order valence-corrected chi connectivity index (χ3v) is 2.93. The lowest BCUT2D eigenvalue weighted by molar-refractivity contribution is -0.128. The number of urea groups is 1. The standard InChI is InChI=1S/C14H19N3O4/c1-3-17(2)12(18)9-16-14(21)15-8-10-5-4-6-11(7-10)13(19)20/h4-7H,3,8-9H2,1-2H3,(H,19,20)(H2,15,16,21). The van der Waals surface area contributed by atoms with Gasteiger partial charge in [-0.3, -0.25) is 4.79 Å². The monoisotopic (exact) mass is 293 g/mol. The minimum atomic E-state index is -1.02. The van der Waals surface area contributed by atoms with Crippen molar-refractivity contribution in [1.29, 1.82) is 0 Å². The average molecular weight is 293 g/mol. The summed E-state index contributed by atoms with van der Waals surface area (Å²) in [7, 11) is 1.65. The molecule has 0 unspecified atom stereocenters. The first-order valence-electron chi connectivity index (χ1n) is 6.52. The van der Waals surface area contributed by atoms with Gasteiger partial charge in [0.25, 0.3) is 0 Å². The molecule has 0 atom stereocenters. The highest BCUT2D eigenvalue weighted by Crippen LogP contribution is 2.04. The number of carboxylic acids is 1. The number of carbonyl (C=O) groups excluding carboxylic acids is 2. The fraction of sp³-hybridized carbons (Fsp3) is 0.357. The summed E-state index contributed by atoms with van der Waals surface area (Å²) < 4.78 is 0. The molecule has 0 heterocycles. The zero-order valence-corrected chi connectivity index (χ0v) is 12.0. The van der Waals surface area contributed by atoms with Gasteiger partial charge in [0.15, 0.2) is 0 Å². The molecule has 114 valence electrons. The van der Waals surface area contributed by atoms with Crippen molar-refractivity contribution < 1.29 is 19.5 Å². The summed E-state index contributed by atoms with van der Waals surface area (Å²) in [4.78, 5) is 35.3. The highest BCUT2D eigenvalue weighted by Gasteiger charge is 2.09. The number of rotatable bonds is 6. The van der Waals surface area contributed by atoms with E-state index in [0.717, 1.165) is 0 Å². The Morgan fingerprint density at radius 2 is 1.95 bits per heavy atom. The summed E-state index contributed by atoms with van der Waals surface area (Å²) in [5.74, 6) is -1.20. The van der Waals surface area contributed by atoms with E-state index < -0.39 is 12.0 Å². The van der Waals surface area contributed by atoms with Crippen LogP contribution in [0, 0.1) is 0 Å². The summed E-state index contributed by atoms with van der Waals surface area (Å²) in [6.07, 6.45) is 0. The van der Waals surface area contributed by atoms with Crippen LogP contribution in [0.15, 0.2) is 24.3 Å². The molecule has 0 aromatic heterocycles. The minimum absolute atomic E-state index is 0.0780. The van der Waals surface area contributed by atoms with E-state index in [9.17, 15) is 14.4 Å². The van der Waals surface area contributed by atoms with E-state index in [1.54, 1.807) is 19.2 Å². The molecular formula is C14H19N3O4. The van der Waals surface area contributed by atoms with E-state index in [4.69, 9.17) is 5.11 Å². The Hall–Kier alpha value is -2.57. The highest BCUT2D eigenvalue weighted by atomic mass is 16.4. The maximum absolute atomic E-state index is 11.5. The van der Waals surface area contributed by atoms with Gasteiger partial charge in [-0.05, 0) is 24.6 Å². The lowest BCUT2D eigenvalue weighted by atomic mass is 10.1. The molecule has 0 saturated carbocycles. The number of carbonyl (C=O) groups is 3. The van der Waals surface area contributed by atoms with Crippen molar-refractivity contribution in [2.24, 2.45) is 0 Å². The second kappa shape index (κ2) is 7.88. The second-order valence-corrected chi connectivity index (χ2v) is 4.45.